The van der Waals surface area contributed by atoms with Gasteiger partial charge in [-0.1, -0.05) is 36.4 Å². The van der Waals surface area contributed by atoms with Crippen molar-refractivity contribution in [3.05, 3.63) is 59.7 Å². The molecule has 0 aromatic heterocycles. The molecule has 1 fully saturated rings. The molecule has 0 unspecified atom stereocenters. The predicted molar refractivity (Wildman–Crippen MR) is 104 cm³/mol. The minimum absolute atomic E-state index is 0.0466. The molecule has 0 aliphatic carbocycles. The Bertz CT molecular complexity index is 785. The molecule has 1 N–H and O–H groups in total. The zero-order valence-electron chi connectivity index (χ0n) is 15.7. The van der Waals surface area contributed by atoms with E-state index in [1.165, 1.54) is 5.56 Å². The lowest BCUT2D eigenvalue weighted by molar-refractivity contribution is -0.127. The largest absolute Gasteiger partial charge is 0.454 e. The standard InChI is InChI=1S/C22H26N2O3/c1-16(18-5-3-2-4-6-18)23-22(25)19-9-11-24(12-10-19)14-17-7-8-20-21(13-17)27-15-26-20/h2-8,13,16,19H,9-12,14-15H2,1H3,(H,23,25)/t16-/m0/s1. The van der Waals surface area contributed by atoms with Crippen molar-refractivity contribution in [3.63, 3.8) is 0 Å². The van der Waals surface area contributed by atoms with Gasteiger partial charge in [0.15, 0.2) is 11.5 Å². The molecule has 1 amide bonds. The minimum Gasteiger partial charge on any atom is -0.454 e. The van der Waals surface area contributed by atoms with Gasteiger partial charge in [0.05, 0.1) is 6.04 Å². The van der Waals surface area contributed by atoms with Crippen LogP contribution in [-0.4, -0.2) is 30.7 Å². The molecule has 142 valence electrons. The zero-order chi connectivity index (χ0) is 18.6. The number of benzene rings is 2. The van der Waals surface area contributed by atoms with Gasteiger partial charge < -0.3 is 14.8 Å². The Morgan fingerprint density at radius 1 is 1.11 bits per heavy atom. The molecule has 2 heterocycles. The van der Waals surface area contributed by atoms with Crippen LogP contribution in [-0.2, 0) is 11.3 Å². The van der Waals surface area contributed by atoms with E-state index in [1.54, 1.807) is 0 Å². The molecule has 4 rings (SSSR count). The highest BCUT2D eigenvalue weighted by Crippen LogP contribution is 2.33. The number of rotatable bonds is 5. The first kappa shape index (κ1) is 17.9. The van der Waals surface area contributed by atoms with E-state index in [0.29, 0.717) is 6.79 Å². The van der Waals surface area contributed by atoms with Gasteiger partial charge in [0.1, 0.15) is 0 Å². The molecular formula is C22H26N2O3. The van der Waals surface area contributed by atoms with Crippen LogP contribution < -0.4 is 14.8 Å². The Labute approximate surface area is 160 Å². The Balaban J connectivity index is 1.26. The summed E-state index contributed by atoms with van der Waals surface area (Å²) in [5, 5.41) is 3.17. The van der Waals surface area contributed by atoms with E-state index in [0.717, 1.165) is 49.5 Å². The van der Waals surface area contributed by atoms with Crippen LogP contribution in [0.25, 0.3) is 0 Å². The molecule has 0 saturated carbocycles. The molecular weight excluding hydrogens is 340 g/mol. The number of ether oxygens (including phenoxy) is 2. The number of carbonyl (C=O) groups is 1. The van der Waals surface area contributed by atoms with Crippen LogP contribution in [0.2, 0.25) is 0 Å². The SMILES string of the molecule is C[C@H](NC(=O)C1CCN(Cc2ccc3c(c2)OCO3)CC1)c1ccccc1. The molecule has 5 heteroatoms. The topological polar surface area (TPSA) is 50.8 Å². The number of piperidine rings is 1. The summed E-state index contributed by atoms with van der Waals surface area (Å²) in [6.45, 7) is 5.10. The lowest BCUT2D eigenvalue weighted by atomic mass is 9.95. The first-order valence-electron chi connectivity index (χ1n) is 9.65. The summed E-state index contributed by atoms with van der Waals surface area (Å²) in [6.07, 6.45) is 1.80. The van der Waals surface area contributed by atoms with Gasteiger partial charge in [-0.05, 0) is 56.1 Å². The van der Waals surface area contributed by atoms with Crippen LogP contribution in [0.5, 0.6) is 11.5 Å². The number of hydrogen-bond donors (Lipinski definition) is 1. The average Bonchev–Trinajstić information content (AvgIpc) is 3.17. The summed E-state index contributed by atoms with van der Waals surface area (Å²) in [5.41, 5.74) is 2.37. The molecule has 2 aromatic rings. The highest BCUT2D eigenvalue weighted by Gasteiger charge is 2.26. The third-order valence-electron chi connectivity index (χ3n) is 5.46. The number of fused-ring (bicyclic) bond motifs is 1. The number of nitrogens with zero attached hydrogens (tertiary/aromatic N) is 1. The fraction of sp³-hybridized carbons (Fsp3) is 0.409. The lowest BCUT2D eigenvalue weighted by Crippen LogP contribution is -2.40. The Morgan fingerprint density at radius 3 is 2.63 bits per heavy atom. The molecule has 2 aliphatic heterocycles. The molecule has 2 aromatic carbocycles. The Kier molecular flexibility index (Phi) is 5.30. The smallest absolute Gasteiger partial charge is 0.231 e. The van der Waals surface area contributed by atoms with Crippen LogP contribution >= 0.6 is 0 Å². The van der Waals surface area contributed by atoms with E-state index >= 15 is 0 Å². The van der Waals surface area contributed by atoms with Crippen molar-refractivity contribution in [3.8, 4) is 11.5 Å². The second kappa shape index (κ2) is 8.01. The van der Waals surface area contributed by atoms with Gasteiger partial charge in [-0.25, -0.2) is 0 Å². The van der Waals surface area contributed by atoms with Gasteiger partial charge in [0.2, 0.25) is 12.7 Å². The van der Waals surface area contributed by atoms with Crippen molar-refractivity contribution >= 4 is 5.91 Å². The summed E-state index contributed by atoms with van der Waals surface area (Å²) < 4.78 is 10.8. The molecule has 0 radical (unpaired) electrons. The van der Waals surface area contributed by atoms with Gasteiger partial charge in [-0.2, -0.15) is 0 Å². The summed E-state index contributed by atoms with van der Waals surface area (Å²) in [6, 6.07) is 16.3. The van der Waals surface area contributed by atoms with Gasteiger partial charge >= 0.3 is 0 Å². The highest BCUT2D eigenvalue weighted by atomic mass is 16.7. The van der Waals surface area contributed by atoms with E-state index < -0.39 is 0 Å². The van der Waals surface area contributed by atoms with Crippen molar-refractivity contribution < 1.29 is 14.3 Å². The summed E-state index contributed by atoms with van der Waals surface area (Å²) >= 11 is 0. The normalized spacial score (nSPS) is 18.3. The zero-order valence-corrected chi connectivity index (χ0v) is 15.7. The van der Waals surface area contributed by atoms with E-state index in [1.807, 2.05) is 31.2 Å². The summed E-state index contributed by atoms with van der Waals surface area (Å²) in [5.74, 6) is 1.93. The second-order valence-electron chi connectivity index (χ2n) is 7.38. The van der Waals surface area contributed by atoms with Gasteiger partial charge in [0, 0.05) is 12.5 Å². The van der Waals surface area contributed by atoms with Crippen molar-refractivity contribution in [2.45, 2.75) is 32.4 Å². The molecule has 27 heavy (non-hydrogen) atoms. The van der Waals surface area contributed by atoms with E-state index in [2.05, 4.69) is 34.5 Å². The summed E-state index contributed by atoms with van der Waals surface area (Å²) in [4.78, 5) is 15.0. The molecule has 5 nitrogen and oxygen atoms in total. The Hall–Kier alpha value is -2.53. The number of hydrogen-bond acceptors (Lipinski definition) is 4. The van der Waals surface area contributed by atoms with Crippen LogP contribution in [0.1, 0.15) is 36.9 Å². The average molecular weight is 366 g/mol. The molecule has 2 aliphatic rings. The summed E-state index contributed by atoms with van der Waals surface area (Å²) in [7, 11) is 0. The number of nitrogens with one attached hydrogen (secondary N) is 1. The third-order valence-corrected chi connectivity index (χ3v) is 5.46. The maximum absolute atomic E-state index is 12.6. The van der Waals surface area contributed by atoms with Gasteiger partial charge in [-0.15, -0.1) is 0 Å². The van der Waals surface area contributed by atoms with Crippen molar-refractivity contribution in [1.29, 1.82) is 0 Å². The molecule has 0 spiro atoms. The maximum Gasteiger partial charge on any atom is 0.231 e. The van der Waals surface area contributed by atoms with E-state index in [4.69, 9.17) is 9.47 Å². The minimum atomic E-state index is 0.0466. The fourth-order valence-electron chi connectivity index (χ4n) is 3.81. The third kappa shape index (κ3) is 4.25. The number of amides is 1. The van der Waals surface area contributed by atoms with Crippen LogP contribution in [0, 0.1) is 5.92 Å². The van der Waals surface area contributed by atoms with Crippen LogP contribution in [0.15, 0.2) is 48.5 Å². The van der Waals surface area contributed by atoms with Gasteiger partial charge in [-0.3, -0.25) is 9.69 Å². The monoisotopic (exact) mass is 366 g/mol. The second-order valence-corrected chi connectivity index (χ2v) is 7.38. The molecule has 1 saturated heterocycles. The van der Waals surface area contributed by atoms with Crippen LogP contribution in [0.4, 0.5) is 0 Å². The number of likely N-dealkylation sites (tertiary alicyclic amines) is 1. The quantitative estimate of drug-likeness (QED) is 0.880. The van der Waals surface area contributed by atoms with Crippen LogP contribution in [0.3, 0.4) is 0 Å². The van der Waals surface area contributed by atoms with Crippen molar-refractivity contribution in [2.24, 2.45) is 5.92 Å². The number of carbonyl (C=O) groups excluding carboxylic acids is 1. The van der Waals surface area contributed by atoms with E-state index in [-0.39, 0.29) is 17.9 Å². The first-order chi connectivity index (χ1) is 13.2. The Morgan fingerprint density at radius 2 is 1.85 bits per heavy atom. The van der Waals surface area contributed by atoms with E-state index in [9.17, 15) is 4.79 Å². The highest BCUT2D eigenvalue weighted by molar-refractivity contribution is 5.79. The molecule has 1 atom stereocenters. The predicted octanol–water partition coefficient (Wildman–Crippen LogP) is 3.50. The first-order valence-corrected chi connectivity index (χ1v) is 9.65. The molecule has 0 bridgehead atoms. The maximum atomic E-state index is 12.6. The lowest BCUT2D eigenvalue weighted by Gasteiger charge is -2.32. The fourth-order valence-corrected chi connectivity index (χ4v) is 3.81. The van der Waals surface area contributed by atoms with Gasteiger partial charge in [0.25, 0.3) is 0 Å². The van der Waals surface area contributed by atoms with Crippen molar-refractivity contribution in [1.82, 2.24) is 10.2 Å². The van der Waals surface area contributed by atoms with Crippen molar-refractivity contribution in [2.75, 3.05) is 19.9 Å².